The lowest BCUT2D eigenvalue weighted by Crippen LogP contribution is -1.78. The summed E-state index contributed by atoms with van der Waals surface area (Å²) in [7, 11) is 0. The molecule has 13 heavy (non-hydrogen) atoms. The van der Waals surface area contributed by atoms with Gasteiger partial charge in [-0.15, -0.1) is 0 Å². The first-order valence-corrected chi connectivity index (χ1v) is 4.03. The zero-order valence-electron chi connectivity index (χ0n) is 7.57. The van der Waals surface area contributed by atoms with Gasteiger partial charge in [-0.25, -0.2) is 0 Å². The van der Waals surface area contributed by atoms with Crippen LogP contribution >= 0.6 is 0 Å². The Labute approximate surface area is 78.1 Å². The molecule has 0 aromatic heterocycles. The molecule has 2 nitrogen and oxygen atoms in total. The molecule has 0 aliphatic rings. The summed E-state index contributed by atoms with van der Waals surface area (Å²) >= 11 is 0. The largest absolute Gasteiger partial charge is 0.706 e. The fourth-order valence-electron chi connectivity index (χ4n) is 1.04. The molecular formula is C11H11N2-. The van der Waals surface area contributed by atoms with Crippen LogP contribution in [-0.2, 0) is 0 Å². The van der Waals surface area contributed by atoms with E-state index in [0.717, 1.165) is 11.1 Å². The lowest BCUT2D eigenvalue weighted by Gasteiger charge is -2.02. The predicted octanol–water partition coefficient (Wildman–Crippen LogP) is 3.85. The van der Waals surface area contributed by atoms with Crippen LogP contribution in [0, 0.1) is 6.92 Å². The number of nitrogens with zero attached hydrogens (tertiary/aromatic N) is 2. The Hall–Kier alpha value is -1.70. The number of hydrogen-bond donors (Lipinski definition) is 0. The normalized spacial score (nSPS) is 10.2. The predicted molar refractivity (Wildman–Crippen MR) is 55.9 cm³/mol. The molecule has 1 rings (SSSR count). The van der Waals surface area contributed by atoms with Gasteiger partial charge >= 0.3 is 0 Å². The van der Waals surface area contributed by atoms with E-state index in [2.05, 4.69) is 11.7 Å². The van der Waals surface area contributed by atoms with E-state index in [1.165, 1.54) is 0 Å². The van der Waals surface area contributed by atoms with Crippen molar-refractivity contribution in [3.05, 3.63) is 53.6 Å². The highest BCUT2D eigenvalue weighted by Gasteiger charge is 1.93. The van der Waals surface area contributed by atoms with Crippen molar-refractivity contribution in [2.45, 2.75) is 6.92 Å². The molecule has 0 unspecified atom stereocenters. The Bertz CT molecular complexity index is 351. The van der Waals surface area contributed by atoms with E-state index in [-0.39, 0.29) is 0 Å². The number of aryl methyl sites for hydroxylation is 1. The third-order valence-electron chi connectivity index (χ3n) is 1.79. The van der Waals surface area contributed by atoms with Crippen LogP contribution in [0.15, 0.2) is 42.0 Å². The topological polar surface area (TPSA) is 34.7 Å². The average Bonchev–Trinajstić information content (AvgIpc) is 2.17. The summed E-state index contributed by atoms with van der Waals surface area (Å²) in [5.41, 5.74) is 11.3. The number of benzene rings is 1. The Morgan fingerprint density at radius 3 is 2.85 bits per heavy atom. The zero-order valence-corrected chi connectivity index (χ0v) is 7.57. The average molecular weight is 171 g/mol. The molecule has 0 aliphatic carbocycles. The summed E-state index contributed by atoms with van der Waals surface area (Å²) in [4.78, 5) is 0. The fraction of sp³-hybridized carbons (Fsp3) is 0.0909. The van der Waals surface area contributed by atoms with E-state index in [0.29, 0.717) is 5.69 Å². The summed E-state index contributed by atoms with van der Waals surface area (Å²) in [6.07, 6.45) is 5.49. The van der Waals surface area contributed by atoms with Crippen molar-refractivity contribution in [2.24, 2.45) is 5.11 Å². The van der Waals surface area contributed by atoms with Crippen LogP contribution in [0.5, 0.6) is 0 Å². The molecule has 0 saturated heterocycles. The summed E-state index contributed by atoms with van der Waals surface area (Å²) in [6.45, 7) is 5.59. The maximum absolute atomic E-state index is 8.56. The number of allylic oxidation sites excluding steroid dienone is 2. The van der Waals surface area contributed by atoms with Crippen LogP contribution in [0.4, 0.5) is 5.69 Å². The molecule has 0 N–H and O–H groups in total. The molecule has 0 spiro atoms. The summed E-state index contributed by atoms with van der Waals surface area (Å²) in [6, 6.07) is 5.49. The Morgan fingerprint density at radius 2 is 2.23 bits per heavy atom. The third kappa shape index (κ3) is 2.37. The van der Waals surface area contributed by atoms with Gasteiger partial charge in [0.25, 0.3) is 0 Å². The minimum atomic E-state index is 0.564. The van der Waals surface area contributed by atoms with Crippen LogP contribution in [0.1, 0.15) is 11.1 Å². The summed E-state index contributed by atoms with van der Waals surface area (Å²) in [5.74, 6) is 0. The molecule has 0 bridgehead atoms. The summed E-state index contributed by atoms with van der Waals surface area (Å²) < 4.78 is 0. The first-order valence-electron chi connectivity index (χ1n) is 4.03. The van der Waals surface area contributed by atoms with Crippen molar-refractivity contribution in [3.8, 4) is 0 Å². The van der Waals surface area contributed by atoms with Gasteiger partial charge in [0.2, 0.25) is 0 Å². The zero-order chi connectivity index (χ0) is 9.68. The molecule has 0 fully saturated rings. The van der Waals surface area contributed by atoms with Crippen LogP contribution in [0.2, 0.25) is 0 Å². The van der Waals surface area contributed by atoms with Crippen molar-refractivity contribution in [2.75, 3.05) is 0 Å². The molecule has 0 heterocycles. The minimum absolute atomic E-state index is 0.564. The monoisotopic (exact) mass is 171 g/mol. The van der Waals surface area contributed by atoms with Gasteiger partial charge in [-0.2, -0.15) is 0 Å². The lowest BCUT2D eigenvalue weighted by molar-refractivity contribution is 1.40. The molecular weight excluding hydrogens is 160 g/mol. The second-order valence-electron chi connectivity index (χ2n) is 2.74. The quantitative estimate of drug-likeness (QED) is 0.489. The van der Waals surface area contributed by atoms with Gasteiger partial charge < -0.3 is 10.6 Å². The lowest BCUT2D eigenvalue weighted by atomic mass is 10.1. The molecule has 0 radical (unpaired) electrons. The minimum Gasteiger partial charge on any atom is -0.706 e. The number of hydrogen-bond acceptors (Lipinski definition) is 1. The first-order chi connectivity index (χ1) is 6.27. The highest BCUT2D eigenvalue weighted by molar-refractivity contribution is 5.59. The van der Waals surface area contributed by atoms with Crippen LogP contribution in [0.3, 0.4) is 0 Å². The van der Waals surface area contributed by atoms with Gasteiger partial charge in [0.05, 0.1) is 0 Å². The fourth-order valence-corrected chi connectivity index (χ4v) is 1.04. The molecule has 1 aromatic rings. The molecule has 0 aliphatic heterocycles. The first kappa shape index (κ1) is 9.39. The Balaban J connectivity index is 3.10. The maximum atomic E-state index is 8.56. The Morgan fingerprint density at radius 1 is 1.46 bits per heavy atom. The molecule has 66 valence electrons. The van der Waals surface area contributed by atoms with Crippen molar-refractivity contribution in [1.82, 2.24) is 0 Å². The van der Waals surface area contributed by atoms with E-state index in [9.17, 15) is 0 Å². The van der Waals surface area contributed by atoms with Crippen molar-refractivity contribution in [1.29, 1.82) is 0 Å². The van der Waals surface area contributed by atoms with Gasteiger partial charge in [0, 0.05) is 5.69 Å². The van der Waals surface area contributed by atoms with E-state index in [4.69, 9.17) is 5.53 Å². The van der Waals surface area contributed by atoms with E-state index in [1.807, 2.05) is 31.2 Å². The maximum Gasteiger partial charge on any atom is 0.0402 e. The molecule has 0 amide bonds. The standard InChI is InChI=1S/C11H11N2/c1-3-4-5-10-8-11(13-12)7-6-9(10)2/h3-8H,1H2,2H3/q-1/b5-4-. The number of rotatable bonds is 3. The van der Waals surface area contributed by atoms with Gasteiger partial charge in [-0.1, -0.05) is 30.9 Å². The van der Waals surface area contributed by atoms with Gasteiger partial charge in [0.1, 0.15) is 0 Å². The van der Waals surface area contributed by atoms with Crippen LogP contribution < -0.4 is 0 Å². The van der Waals surface area contributed by atoms with Gasteiger partial charge in [-0.05, 0) is 30.2 Å². The van der Waals surface area contributed by atoms with Crippen molar-refractivity contribution < 1.29 is 0 Å². The van der Waals surface area contributed by atoms with E-state index < -0.39 is 0 Å². The van der Waals surface area contributed by atoms with Crippen LogP contribution in [-0.4, -0.2) is 0 Å². The highest BCUT2D eigenvalue weighted by Crippen LogP contribution is 2.18. The van der Waals surface area contributed by atoms with Crippen molar-refractivity contribution >= 4 is 11.8 Å². The highest BCUT2D eigenvalue weighted by atomic mass is 15.0. The van der Waals surface area contributed by atoms with Gasteiger partial charge in [-0.3, -0.25) is 0 Å². The second kappa shape index (κ2) is 4.36. The Kier molecular flexibility index (Phi) is 3.15. The van der Waals surface area contributed by atoms with E-state index >= 15 is 0 Å². The summed E-state index contributed by atoms with van der Waals surface area (Å²) in [5, 5.41) is 3.12. The third-order valence-corrected chi connectivity index (χ3v) is 1.79. The van der Waals surface area contributed by atoms with Gasteiger partial charge in [0.15, 0.2) is 0 Å². The molecule has 2 heteroatoms. The molecule has 0 saturated carbocycles. The SMILES string of the molecule is C=C/C=C\c1cc(N=[N-])ccc1C. The molecule has 1 aromatic carbocycles. The van der Waals surface area contributed by atoms with Crippen molar-refractivity contribution in [3.63, 3.8) is 0 Å². The smallest absolute Gasteiger partial charge is 0.0402 e. The van der Waals surface area contributed by atoms with Crippen LogP contribution in [0.25, 0.3) is 11.6 Å². The van der Waals surface area contributed by atoms with E-state index in [1.54, 1.807) is 12.1 Å². The second-order valence-corrected chi connectivity index (χ2v) is 2.74. The molecule has 0 atom stereocenters.